The van der Waals surface area contributed by atoms with Crippen LogP contribution in [0.4, 0.5) is 0 Å². The van der Waals surface area contributed by atoms with Crippen molar-refractivity contribution in [2.45, 2.75) is 97.5 Å². The highest BCUT2D eigenvalue weighted by atomic mass is 16.6. The topological polar surface area (TPSA) is 26.3 Å². The zero-order chi connectivity index (χ0) is 15.4. The minimum absolute atomic E-state index is 0.272. The predicted octanol–water partition coefficient (Wildman–Crippen LogP) is 5.81. The minimum Gasteiger partial charge on any atom is -0.456 e. The highest BCUT2D eigenvalue weighted by Crippen LogP contribution is 2.20. The number of hydrogen-bond donors (Lipinski definition) is 0. The molecule has 0 aromatic carbocycles. The van der Waals surface area contributed by atoms with Crippen molar-refractivity contribution in [2.24, 2.45) is 0 Å². The van der Waals surface area contributed by atoms with Gasteiger partial charge in [-0.25, -0.2) is 4.79 Å². The van der Waals surface area contributed by atoms with E-state index in [2.05, 4.69) is 13.5 Å². The Hall–Kier alpha value is -0.790. The molecule has 0 atom stereocenters. The number of ether oxygens (including phenoxy) is 1. The van der Waals surface area contributed by atoms with Crippen molar-refractivity contribution < 1.29 is 9.53 Å². The molecule has 0 radical (unpaired) electrons. The molecule has 0 aromatic heterocycles. The van der Waals surface area contributed by atoms with Gasteiger partial charge in [0.25, 0.3) is 0 Å². The van der Waals surface area contributed by atoms with E-state index in [0.29, 0.717) is 5.57 Å². The second-order valence-corrected chi connectivity index (χ2v) is 6.51. The summed E-state index contributed by atoms with van der Waals surface area (Å²) >= 11 is 0. The Morgan fingerprint density at radius 1 is 0.950 bits per heavy atom. The Kier molecular flexibility index (Phi) is 10.5. The molecule has 2 nitrogen and oxygen atoms in total. The maximum atomic E-state index is 11.5. The van der Waals surface area contributed by atoms with Crippen LogP contribution in [0, 0.1) is 0 Å². The number of unbranched alkanes of at least 4 members (excludes halogenated alkanes) is 8. The molecule has 0 fully saturated rings. The zero-order valence-corrected chi connectivity index (χ0v) is 14.1. The van der Waals surface area contributed by atoms with Gasteiger partial charge in [-0.1, -0.05) is 64.9 Å². The van der Waals surface area contributed by atoms with Gasteiger partial charge in [0.05, 0.1) is 0 Å². The van der Waals surface area contributed by atoms with Gasteiger partial charge in [0.15, 0.2) is 0 Å². The van der Waals surface area contributed by atoms with Gasteiger partial charge < -0.3 is 4.74 Å². The summed E-state index contributed by atoms with van der Waals surface area (Å²) in [7, 11) is 0. The van der Waals surface area contributed by atoms with E-state index in [4.69, 9.17) is 4.74 Å². The van der Waals surface area contributed by atoms with Crippen LogP contribution in [0.3, 0.4) is 0 Å². The molecule has 0 unspecified atom stereocenters. The second-order valence-electron chi connectivity index (χ2n) is 6.51. The molecule has 0 aliphatic carbocycles. The number of esters is 1. The summed E-state index contributed by atoms with van der Waals surface area (Å²) < 4.78 is 5.43. The smallest absolute Gasteiger partial charge is 0.333 e. The maximum Gasteiger partial charge on any atom is 0.333 e. The minimum atomic E-state index is -0.364. The fourth-order valence-electron chi connectivity index (χ4n) is 2.25. The fourth-order valence-corrected chi connectivity index (χ4v) is 2.25. The third-order valence-electron chi connectivity index (χ3n) is 3.60. The van der Waals surface area contributed by atoms with Gasteiger partial charge in [-0.2, -0.15) is 0 Å². The molecule has 0 bridgehead atoms. The van der Waals surface area contributed by atoms with Crippen LogP contribution in [-0.2, 0) is 9.53 Å². The third kappa shape index (κ3) is 11.1. The lowest BCUT2D eigenvalue weighted by Crippen LogP contribution is -2.28. The fraction of sp³-hybridized carbons (Fsp3) is 0.833. The quantitative estimate of drug-likeness (QED) is 0.257. The van der Waals surface area contributed by atoms with E-state index in [1.807, 2.05) is 13.8 Å². The van der Waals surface area contributed by atoms with Crippen LogP contribution < -0.4 is 0 Å². The molecule has 0 N–H and O–H groups in total. The van der Waals surface area contributed by atoms with Crippen molar-refractivity contribution in [3.63, 3.8) is 0 Å². The van der Waals surface area contributed by atoms with Gasteiger partial charge in [-0.05, 0) is 33.6 Å². The summed E-state index contributed by atoms with van der Waals surface area (Å²) in [5.41, 5.74) is 0.113. The van der Waals surface area contributed by atoms with E-state index in [9.17, 15) is 4.79 Å². The lowest BCUT2D eigenvalue weighted by atomic mass is 9.99. The van der Waals surface area contributed by atoms with E-state index in [-0.39, 0.29) is 11.6 Å². The summed E-state index contributed by atoms with van der Waals surface area (Å²) in [6.07, 6.45) is 12.8. The van der Waals surface area contributed by atoms with Crippen molar-refractivity contribution in [3.05, 3.63) is 12.2 Å². The molecule has 0 heterocycles. The molecule has 0 aromatic rings. The van der Waals surface area contributed by atoms with Crippen LogP contribution in [0.25, 0.3) is 0 Å². The Bertz CT molecular complexity index is 279. The number of carbonyl (C=O) groups excluding carboxylic acids is 1. The molecule has 0 aliphatic rings. The monoisotopic (exact) mass is 282 g/mol. The van der Waals surface area contributed by atoms with Crippen LogP contribution in [0.5, 0.6) is 0 Å². The molecule has 118 valence electrons. The van der Waals surface area contributed by atoms with Crippen LogP contribution in [0.2, 0.25) is 0 Å². The highest BCUT2D eigenvalue weighted by Gasteiger charge is 2.22. The number of hydrogen-bond acceptors (Lipinski definition) is 2. The predicted molar refractivity (Wildman–Crippen MR) is 86.8 cm³/mol. The van der Waals surface area contributed by atoms with Gasteiger partial charge in [0, 0.05) is 5.57 Å². The van der Waals surface area contributed by atoms with Gasteiger partial charge >= 0.3 is 5.97 Å². The number of carbonyl (C=O) groups is 1. The van der Waals surface area contributed by atoms with Gasteiger partial charge in [0.2, 0.25) is 0 Å². The lowest BCUT2D eigenvalue weighted by molar-refractivity contribution is -0.152. The second kappa shape index (κ2) is 10.9. The van der Waals surface area contributed by atoms with E-state index in [1.165, 1.54) is 51.4 Å². The van der Waals surface area contributed by atoms with Gasteiger partial charge in [-0.15, -0.1) is 0 Å². The lowest BCUT2D eigenvalue weighted by Gasteiger charge is -2.25. The first kappa shape index (κ1) is 19.2. The molecule has 20 heavy (non-hydrogen) atoms. The summed E-state index contributed by atoms with van der Waals surface area (Å²) in [5.74, 6) is -0.272. The van der Waals surface area contributed by atoms with E-state index < -0.39 is 0 Å². The summed E-state index contributed by atoms with van der Waals surface area (Å²) in [6, 6.07) is 0. The summed E-state index contributed by atoms with van der Waals surface area (Å²) in [4.78, 5) is 11.5. The highest BCUT2D eigenvalue weighted by molar-refractivity contribution is 5.87. The molecule has 0 saturated heterocycles. The van der Waals surface area contributed by atoms with E-state index >= 15 is 0 Å². The maximum absolute atomic E-state index is 11.5. The first-order valence-corrected chi connectivity index (χ1v) is 8.28. The van der Waals surface area contributed by atoms with Crippen molar-refractivity contribution in [1.82, 2.24) is 0 Å². The Labute approximate surface area is 126 Å². The Morgan fingerprint density at radius 2 is 1.40 bits per heavy atom. The Balaban J connectivity index is 3.53. The molecular weight excluding hydrogens is 248 g/mol. The molecule has 0 spiro atoms. The van der Waals surface area contributed by atoms with Crippen LogP contribution in [0.15, 0.2) is 12.2 Å². The first-order valence-electron chi connectivity index (χ1n) is 8.28. The van der Waals surface area contributed by atoms with Gasteiger partial charge in [0.1, 0.15) is 5.60 Å². The standard InChI is InChI=1S/C18H34O2/c1-6-7-8-9-10-11-12-13-14-15-18(4,5)20-17(19)16(2)3/h2,6-15H2,1,3-5H3. The van der Waals surface area contributed by atoms with E-state index in [1.54, 1.807) is 6.92 Å². The largest absolute Gasteiger partial charge is 0.456 e. The molecule has 0 rings (SSSR count). The Morgan fingerprint density at radius 3 is 1.85 bits per heavy atom. The summed E-state index contributed by atoms with van der Waals surface area (Å²) in [6.45, 7) is 11.5. The third-order valence-corrected chi connectivity index (χ3v) is 3.60. The zero-order valence-electron chi connectivity index (χ0n) is 14.1. The normalized spacial score (nSPS) is 11.4. The molecule has 0 saturated carbocycles. The average Bonchev–Trinajstić information content (AvgIpc) is 2.36. The van der Waals surface area contributed by atoms with Gasteiger partial charge in [-0.3, -0.25) is 0 Å². The van der Waals surface area contributed by atoms with E-state index in [0.717, 1.165) is 12.8 Å². The average molecular weight is 282 g/mol. The molecule has 0 amide bonds. The van der Waals surface area contributed by atoms with Crippen LogP contribution >= 0.6 is 0 Å². The molecule has 2 heteroatoms. The van der Waals surface area contributed by atoms with Crippen LogP contribution in [0.1, 0.15) is 91.9 Å². The van der Waals surface area contributed by atoms with Crippen molar-refractivity contribution in [3.8, 4) is 0 Å². The molecule has 0 aliphatic heterocycles. The SMILES string of the molecule is C=C(C)C(=O)OC(C)(C)CCCCCCCCCCC. The number of rotatable bonds is 12. The van der Waals surface area contributed by atoms with Crippen molar-refractivity contribution in [2.75, 3.05) is 0 Å². The van der Waals surface area contributed by atoms with Crippen molar-refractivity contribution in [1.29, 1.82) is 0 Å². The first-order chi connectivity index (χ1) is 9.39. The molecular formula is C18H34O2. The van der Waals surface area contributed by atoms with Crippen LogP contribution in [-0.4, -0.2) is 11.6 Å². The van der Waals surface area contributed by atoms with Crippen molar-refractivity contribution >= 4 is 5.97 Å². The summed E-state index contributed by atoms with van der Waals surface area (Å²) in [5, 5.41) is 0.